The van der Waals surface area contributed by atoms with Crippen molar-refractivity contribution >= 4 is 5.97 Å². The Balaban J connectivity index is 2.38. The lowest BCUT2D eigenvalue weighted by Crippen LogP contribution is -2.10. The van der Waals surface area contributed by atoms with Gasteiger partial charge in [0, 0.05) is 0 Å². The molecule has 1 aliphatic rings. The van der Waals surface area contributed by atoms with Gasteiger partial charge >= 0.3 is 5.97 Å². The topological polar surface area (TPSA) is 46.5 Å². The highest BCUT2D eigenvalue weighted by atomic mass is 16.6. The lowest BCUT2D eigenvalue weighted by molar-refractivity contribution is -0.145. The molecule has 0 spiro atoms. The highest BCUT2D eigenvalue weighted by Gasteiger charge is 2.32. The second-order valence-electron chi connectivity index (χ2n) is 2.96. The number of esters is 1. The summed E-state index contributed by atoms with van der Waals surface area (Å²) in [6, 6.07) is 0. The number of carbonyl (C=O) groups excluding carboxylic acids is 1. The Bertz CT molecular complexity index is 144. The number of carbonyl (C=O) groups is 1. The lowest BCUT2D eigenvalue weighted by Gasteiger charge is -2.01. The number of aliphatic hydroxyl groups is 1. The first-order valence-corrected chi connectivity index (χ1v) is 4.09. The van der Waals surface area contributed by atoms with E-state index in [1.807, 2.05) is 6.92 Å². The molecule has 1 aliphatic heterocycles. The summed E-state index contributed by atoms with van der Waals surface area (Å²) < 4.78 is 4.89. The number of aliphatic hydroxyl groups excluding tert-OH is 1. The lowest BCUT2D eigenvalue weighted by atomic mass is 10.0. The van der Waals surface area contributed by atoms with Gasteiger partial charge in [-0.25, -0.2) is 0 Å². The van der Waals surface area contributed by atoms with Gasteiger partial charge in [0.25, 0.3) is 0 Å². The first-order chi connectivity index (χ1) is 5.27. The first kappa shape index (κ1) is 8.53. The van der Waals surface area contributed by atoms with Crippen molar-refractivity contribution in [1.82, 2.24) is 0 Å². The largest absolute Gasteiger partial charge is 0.460 e. The zero-order valence-electron chi connectivity index (χ0n) is 6.75. The van der Waals surface area contributed by atoms with Gasteiger partial charge in [0.05, 0.1) is 12.5 Å². The van der Waals surface area contributed by atoms with Gasteiger partial charge in [-0.2, -0.15) is 0 Å². The fourth-order valence-electron chi connectivity index (χ4n) is 1.42. The minimum atomic E-state index is -0.237. The first-order valence-electron chi connectivity index (χ1n) is 4.09. The van der Waals surface area contributed by atoms with Crippen LogP contribution in [0.5, 0.6) is 0 Å². The molecule has 0 saturated carbocycles. The van der Waals surface area contributed by atoms with E-state index in [4.69, 9.17) is 9.84 Å². The third kappa shape index (κ3) is 1.93. The molecule has 0 aromatic rings. The molecular weight excluding hydrogens is 144 g/mol. The minimum Gasteiger partial charge on any atom is -0.460 e. The molecular formula is C8H14O3. The van der Waals surface area contributed by atoms with Crippen molar-refractivity contribution in [2.45, 2.75) is 32.3 Å². The Morgan fingerprint density at radius 3 is 2.91 bits per heavy atom. The van der Waals surface area contributed by atoms with Gasteiger partial charge in [0.1, 0.15) is 6.10 Å². The maximum absolute atomic E-state index is 11.0. The maximum Gasteiger partial charge on any atom is 0.309 e. The molecule has 0 amide bonds. The zero-order chi connectivity index (χ0) is 8.27. The van der Waals surface area contributed by atoms with Crippen LogP contribution in [0.3, 0.4) is 0 Å². The fourth-order valence-corrected chi connectivity index (χ4v) is 1.42. The van der Waals surface area contributed by atoms with E-state index < -0.39 is 0 Å². The number of hydrogen-bond donors (Lipinski definition) is 1. The number of rotatable bonds is 3. The number of cyclic esters (lactones) is 1. The molecule has 1 saturated heterocycles. The summed E-state index contributed by atoms with van der Waals surface area (Å²) in [5.41, 5.74) is 0. The molecule has 0 bridgehead atoms. The van der Waals surface area contributed by atoms with Crippen molar-refractivity contribution in [2.75, 3.05) is 6.61 Å². The monoisotopic (exact) mass is 158 g/mol. The highest BCUT2D eigenvalue weighted by molar-refractivity contribution is 5.74. The van der Waals surface area contributed by atoms with E-state index in [-0.39, 0.29) is 24.6 Å². The van der Waals surface area contributed by atoms with Crippen molar-refractivity contribution in [2.24, 2.45) is 5.92 Å². The summed E-state index contributed by atoms with van der Waals surface area (Å²) in [5, 5.41) is 8.69. The van der Waals surface area contributed by atoms with Crippen molar-refractivity contribution in [3.8, 4) is 0 Å². The van der Waals surface area contributed by atoms with Gasteiger partial charge in [0.2, 0.25) is 0 Å². The Morgan fingerprint density at radius 2 is 2.45 bits per heavy atom. The summed E-state index contributed by atoms with van der Waals surface area (Å²) in [7, 11) is 0. The Morgan fingerprint density at radius 1 is 1.73 bits per heavy atom. The van der Waals surface area contributed by atoms with E-state index in [1.54, 1.807) is 0 Å². The minimum absolute atomic E-state index is 0.0358. The summed E-state index contributed by atoms with van der Waals surface area (Å²) in [6.45, 7) is 2.01. The quantitative estimate of drug-likeness (QED) is 0.615. The molecule has 64 valence electrons. The molecule has 1 N–H and O–H groups in total. The highest BCUT2D eigenvalue weighted by Crippen LogP contribution is 2.24. The molecule has 11 heavy (non-hydrogen) atoms. The van der Waals surface area contributed by atoms with E-state index in [0.717, 1.165) is 12.8 Å². The van der Waals surface area contributed by atoms with Crippen LogP contribution in [0.25, 0.3) is 0 Å². The molecule has 1 fully saturated rings. The van der Waals surface area contributed by atoms with Crippen LogP contribution in [0.15, 0.2) is 0 Å². The zero-order valence-corrected chi connectivity index (χ0v) is 6.75. The van der Waals surface area contributed by atoms with E-state index in [2.05, 4.69) is 0 Å². The second-order valence-corrected chi connectivity index (χ2v) is 2.96. The predicted molar refractivity (Wildman–Crippen MR) is 40.0 cm³/mol. The predicted octanol–water partition coefficient (Wildman–Crippen LogP) is 0.710. The van der Waals surface area contributed by atoms with Gasteiger partial charge in [0.15, 0.2) is 0 Å². The average molecular weight is 158 g/mol. The molecule has 0 radical (unpaired) electrons. The van der Waals surface area contributed by atoms with E-state index in [0.29, 0.717) is 6.42 Å². The summed E-state index contributed by atoms with van der Waals surface area (Å²) in [4.78, 5) is 11.0. The molecule has 0 aliphatic carbocycles. The molecule has 0 aromatic carbocycles. The number of hydrogen-bond acceptors (Lipinski definition) is 3. The third-order valence-electron chi connectivity index (χ3n) is 2.00. The van der Waals surface area contributed by atoms with E-state index >= 15 is 0 Å². The van der Waals surface area contributed by atoms with Crippen LogP contribution in [0, 0.1) is 5.92 Å². The average Bonchev–Trinajstić information content (AvgIpc) is 2.33. The van der Waals surface area contributed by atoms with Crippen LogP contribution < -0.4 is 0 Å². The molecule has 1 heterocycles. The van der Waals surface area contributed by atoms with Crippen molar-refractivity contribution in [1.29, 1.82) is 0 Å². The third-order valence-corrected chi connectivity index (χ3v) is 2.00. The summed E-state index contributed by atoms with van der Waals surface area (Å²) in [6.07, 6.45) is 2.34. The smallest absolute Gasteiger partial charge is 0.309 e. The molecule has 3 nitrogen and oxygen atoms in total. The van der Waals surface area contributed by atoms with Gasteiger partial charge in [-0.05, 0) is 12.8 Å². The van der Waals surface area contributed by atoms with Crippen LogP contribution in [-0.4, -0.2) is 23.8 Å². The van der Waals surface area contributed by atoms with Gasteiger partial charge < -0.3 is 9.84 Å². The van der Waals surface area contributed by atoms with Crippen molar-refractivity contribution < 1.29 is 14.6 Å². The Hall–Kier alpha value is -0.570. The van der Waals surface area contributed by atoms with Crippen LogP contribution >= 0.6 is 0 Å². The van der Waals surface area contributed by atoms with Gasteiger partial charge in [-0.15, -0.1) is 0 Å². The van der Waals surface area contributed by atoms with Crippen LogP contribution in [-0.2, 0) is 9.53 Å². The van der Waals surface area contributed by atoms with Crippen molar-refractivity contribution in [3.63, 3.8) is 0 Å². The SMILES string of the molecule is CCCC1CC(CO)OC1=O. The molecule has 3 heteroatoms. The van der Waals surface area contributed by atoms with E-state index in [9.17, 15) is 4.79 Å². The fraction of sp³-hybridized carbons (Fsp3) is 0.875. The molecule has 2 unspecified atom stereocenters. The Labute approximate surface area is 66.4 Å². The van der Waals surface area contributed by atoms with Gasteiger partial charge in [-0.3, -0.25) is 4.79 Å². The normalized spacial score (nSPS) is 30.5. The van der Waals surface area contributed by atoms with Crippen LogP contribution in [0.1, 0.15) is 26.2 Å². The summed E-state index contributed by atoms with van der Waals surface area (Å²) in [5.74, 6) is -0.0944. The number of ether oxygens (including phenoxy) is 1. The Kier molecular flexibility index (Phi) is 2.88. The molecule has 1 rings (SSSR count). The standard InChI is InChI=1S/C8H14O3/c1-2-3-6-4-7(5-9)11-8(6)10/h6-7,9H,2-5H2,1H3. The molecule has 0 aromatic heterocycles. The van der Waals surface area contributed by atoms with Crippen LogP contribution in [0.4, 0.5) is 0 Å². The molecule has 2 atom stereocenters. The second kappa shape index (κ2) is 3.72. The van der Waals surface area contributed by atoms with E-state index in [1.165, 1.54) is 0 Å². The maximum atomic E-state index is 11.0. The van der Waals surface area contributed by atoms with Crippen molar-refractivity contribution in [3.05, 3.63) is 0 Å². The van der Waals surface area contributed by atoms with Gasteiger partial charge in [-0.1, -0.05) is 13.3 Å². The summed E-state index contributed by atoms with van der Waals surface area (Å²) >= 11 is 0. The van der Waals surface area contributed by atoms with Crippen LogP contribution in [0.2, 0.25) is 0 Å².